The molecular weight excluding hydrogens is 385 g/mol. The van der Waals surface area contributed by atoms with Gasteiger partial charge in [0.25, 0.3) is 0 Å². The number of carbonyl (C=O) groups is 1. The van der Waals surface area contributed by atoms with Crippen LogP contribution in [0.25, 0.3) is 0 Å². The Labute approximate surface area is 154 Å². The van der Waals surface area contributed by atoms with Gasteiger partial charge < -0.3 is 10.8 Å². The fraction of sp³-hybridized carbons (Fsp3) is 0.235. The maximum absolute atomic E-state index is 12.1. The Hall–Kier alpha value is -2.43. The zero-order valence-electron chi connectivity index (χ0n) is 14.3. The lowest BCUT2D eigenvalue weighted by Gasteiger charge is -2.07. The maximum Gasteiger partial charge on any atom is 0.490 e. The van der Waals surface area contributed by atoms with Crippen molar-refractivity contribution in [3.63, 3.8) is 0 Å². The van der Waals surface area contributed by atoms with E-state index in [1.807, 2.05) is 31.2 Å². The highest BCUT2D eigenvalue weighted by Gasteiger charge is 2.38. The second kappa shape index (κ2) is 9.49. The topological polar surface area (TPSA) is 109 Å². The number of rotatable bonds is 5. The molecule has 0 saturated carbocycles. The first-order valence-electron chi connectivity index (χ1n) is 7.60. The Morgan fingerprint density at radius 1 is 1.04 bits per heavy atom. The monoisotopic (exact) mass is 404 g/mol. The molecule has 0 fully saturated rings. The number of halogens is 3. The van der Waals surface area contributed by atoms with Crippen LogP contribution >= 0.6 is 0 Å². The first kappa shape index (κ1) is 22.6. The number of nitrogens with one attached hydrogen (secondary N) is 1. The lowest BCUT2D eigenvalue weighted by molar-refractivity contribution is -0.192. The first-order valence-corrected chi connectivity index (χ1v) is 9.08. The summed E-state index contributed by atoms with van der Waals surface area (Å²) < 4.78 is 58.5. The molecule has 148 valence electrons. The molecule has 0 aliphatic heterocycles. The van der Waals surface area contributed by atoms with E-state index in [1.165, 1.54) is 0 Å². The van der Waals surface area contributed by atoms with E-state index in [0.29, 0.717) is 6.54 Å². The van der Waals surface area contributed by atoms with Gasteiger partial charge in [0, 0.05) is 13.1 Å². The number of aryl methyl sites for hydroxylation is 1. The van der Waals surface area contributed by atoms with Gasteiger partial charge in [0.05, 0.1) is 4.90 Å². The number of nitrogens with two attached hydrogens (primary N) is 1. The van der Waals surface area contributed by atoms with Gasteiger partial charge in [-0.2, -0.15) is 13.2 Å². The van der Waals surface area contributed by atoms with Crippen molar-refractivity contribution in [2.24, 2.45) is 5.73 Å². The number of carboxylic acid groups (broad SMARTS) is 1. The molecule has 0 spiro atoms. The number of benzene rings is 2. The fourth-order valence-electron chi connectivity index (χ4n) is 1.77. The van der Waals surface area contributed by atoms with Gasteiger partial charge in [-0.15, -0.1) is 0 Å². The van der Waals surface area contributed by atoms with E-state index in [2.05, 4.69) is 4.72 Å². The van der Waals surface area contributed by atoms with Crippen LogP contribution < -0.4 is 10.5 Å². The smallest absolute Gasteiger partial charge is 0.475 e. The molecule has 0 aromatic heterocycles. The minimum absolute atomic E-state index is 0.265. The van der Waals surface area contributed by atoms with Crippen molar-refractivity contribution in [3.05, 3.63) is 65.2 Å². The van der Waals surface area contributed by atoms with Gasteiger partial charge in [-0.25, -0.2) is 17.9 Å². The van der Waals surface area contributed by atoms with Gasteiger partial charge in [-0.3, -0.25) is 0 Å². The van der Waals surface area contributed by atoms with Gasteiger partial charge in [-0.1, -0.05) is 42.0 Å². The molecule has 4 N–H and O–H groups in total. The predicted octanol–water partition coefficient (Wildman–Crippen LogP) is 2.57. The second-order valence-corrected chi connectivity index (χ2v) is 7.23. The standard InChI is InChI=1S/C15H18N2O2S.C2HF3O2/c1-12-2-8-15(9-3-12)20(18,19)17-11-14-6-4-13(10-16)5-7-14;3-2(4,5)1(6)7/h2-9,17H,10-11,16H2,1H3;(H,6,7). The maximum atomic E-state index is 12.1. The molecule has 10 heteroatoms. The minimum atomic E-state index is -5.08. The summed E-state index contributed by atoms with van der Waals surface area (Å²) in [5.74, 6) is -2.76. The van der Waals surface area contributed by atoms with Crippen LogP contribution in [-0.2, 0) is 27.9 Å². The van der Waals surface area contributed by atoms with Crippen LogP contribution in [-0.4, -0.2) is 25.7 Å². The molecule has 0 heterocycles. The van der Waals surface area contributed by atoms with Crippen LogP contribution in [0.5, 0.6) is 0 Å². The Morgan fingerprint density at radius 2 is 1.48 bits per heavy atom. The molecule has 0 radical (unpaired) electrons. The van der Waals surface area contributed by atoms with Gasteiger partial charge >= 0.3 is 12.1 Å². The fourth-order valence-corrected chi connectivity index (χ4v) is 2.79. The molecule has 2 aromatic rings. The molecule has 0 bridgehead atoms. The summed E-state index contributed by atoms with van der Waals surface area (Å²) in [6.07, 6.45) is -5.08. The number of aliphatic carboxylic acids is 1. The molecule has 0 aliphatic carbocycles. The van der Waals surface area contributed by atoms with Crippen LogP contribution in [0.2, 0.25) is 0 Å². The Morgan fingerprint density at radius 3 is 1.89 bits per heavy atom. The molecule has 0 amide bonds. The number of carboxylic acids is 1. The zero-order chi connectivity index (χ0) is 20.7. The number of hydrogen-bond donors (Lipinski definition) is 3. The van der Waals surface area contributed by atoms with E-state index in [-0.39, 0.29) is 11.4 Å². The van der Waals surface area contributed by atoms with Crippen LogP contribution in [0.3, 0.4) is 0 Å². The molecular formula is C17H19F3N2O4S. The Bertz CT molecular complexity index is 849. The number of alkyl halides is 3. The average Bonchev–Trinajstić information content (AvgIpc) is 2.60. The van der Waals surface area contributed by atoms with Crippen LogP contribution in [0.15, 0.2) is 53.4 Å². The summed E-state index contributed by atoms with van der Waals surface area (Å²) >= 11 is 0. The zero-order valence-corrected chi connectivity index (χ0v) is 15.1. The van der Waals surface area contributed by atoms with Crippen molar-refractivity contribution < 1.29 is 31.5 Å². The molecule has 0 atom stereocenters. The third-order valence-electron chi connectivity index (χ3n) is 3.30. The van der Waals surface area contributed by atoms with Crippen LogP contribution in [0.4, 0.5) is 13.2 Å². The van der Waals surface area contributed by atoms with Gasteiger partial charge in [0.2, 0.25) is 10.0 Å². The van der Waals surface area contributed by atoms with Crippen LogP contribution in [0.1, 0.15) is 16.7 Å². The van der Waals surface area contributed by atoms with E-state index in [0.717, 1.165) is 16.7 Å². The molecule has 27 heavy (non-hydrogen) atoms. The van der Waals surface area contributed by atoms with Crippen molar-refractivity contribution in [3.8, 4) is 0 Å². The summed E-state index contributed by atoms with van der Waals surface area (Å²) in [5, 5.41) is 7.12. The SMILES string of the molecule is Cc1ccc(S(=O)(=O)NCc2ccc(CN)cc2)cc1.O=C(O)C(F)(F)F. The van der Waals surface area contributed by atoms with E-state index < -0.39 is 22.2 Å². The summed E-state index contributed by atoms with van der Waals surface area (Å²) in [6, 6.07) is 14.3. The van der Waals surface area contributed by atoms with Gasteiger partial charge in [0.1, 0.15) is 0 Å². The molecule has 0 saturated heterocycles. The van der Waals surface area contributed by atoms with Crippen molar-refractivity contribution >= 4 is 16.0 Å². The molecule has 0 aliphatic rings. The Balaban J connectivity index is 0.000000445. The third kappa shape index (κ3) is 7.77. The summed E-state index contributed by atoms with van der Waals surface area (Å²) in [5.41, 5.74) is 8.47. The molecule has 6 nitrogen and oxygen atoms in total. The quantitative estimate of drug-likeness (QED) is 0.710. The van der Waals surface area contributed by atoms with E-state index in [4.69, 9.17) is 15.6 Å². The normalized spacial score (nSPS) is 11.4. The number of hydrogen-bond acceptors (Lipinski definition) is 4. The highest BCUT2D eigenvalue weighted by atomic mass is 32.2. The van der Waals surface area contributed by atoms with Crippen molar-refractivity contribution in [2.45, 2.75) is 31.1 Å². The Kier molecular flexibility index (Phi) is 7.95. The van der Waals surface area contributed by atoms with Crippen molar-refractivity contribution in [2.75, 3.05) is 0 Å². The predicted molar refractivity (Wildman–Crippen MR) is 93.2 cm³/mol. The largest absolute Gasteiger partial charge is 0.490 e. The summed E-state index contributed by atoms with van der Waals surface area (Å²) in [6.45, 7) is 2.67. The summed E-state index contributed by atoms with van der Waals surface area (Å²) in [7, 11) is -3.47. The highest BCUT2D eigenvalue weighted by molar-refractivity contribution is 7.89. The second-order valence-electron chi connectivity index (χ2n) is 5.46. The molecule has 2 rings (SSSR count). The lowest BCUT2D eigenvalue weighted by atomic mass is 10.1. The van der Waals surface area contributed by atoms with Gasteiger partial charge in [0.15, 0.2) is 0 Å². The lowest BCUT2D eigenvalue weighted by Crippen LogP contribution is -2.23. The van der Waals surface area contributed by atoms with Gasteiger partial charge in [-0.05, 0) is 30.2 Å². The van der Waals surface area contributed by atoms with E-state index in [9.17, 15) is 21.6 Å². The average molecular weight is 404 g/mol. The van der Waals surface area contributed by atoms with E-state index >= 15 is 0 Å². The number of sulfonamides is 1. The molecule has 2 aromatic carbocycles. The van der Waals surface area contributed by atoms with Crippen molar-refractivity contribution in [1.29, 1.82) is 0 Å². The third-order valence-corrected chi connectivity index (χ3v) is 4.72. The molecule has 0 unspecified atom stereocenters. The van der Waals surface area contributed by atoms with E-state index in [1.54, 1.807) is 24.3 Å². The minimum Gasteiger partial charge on any atom is -0.475 e. The van der Waals surface area contributed by atoms with Crippen molar-refractivity contribution in [1.82, 2.24) is 4.72 Å². The highest BCUT2D eigenvalue weighted by Crippen LogP contribution is 2.13. The van der Waals surface area contributed by atoms with Crippen LogP contribution in [0, 0.1) is 6.92 Å². The summed E-state index contributed by atoms with van der Waals surface area (Å²) in [4.78, 5) is 9.18. The first-order chi connectivity index (χ1) is 12.5.